The van der Waals surface area contributed by atoms with Crippen LogP contribution in [-0.2, 0) is 0 Å². The number of benzene rings is 2. The van der Waals surface area contributed by atoms with Crippen LogP contribution in [-0.4, -0.2) is 58.5 Å². The first-order chi connectivity index (χ1) is 16.6. The van der Waals surface area contributed by atoms with E-state index < -0.39 is 0 Å². The highest BCUT2D eigenvalue weighted by atomic mass is 16.2. The first-order valence-electron chi connectivity index (χ1n) is 11.8. The molecule has 4 amide bonds. The zero-order valence-electron chi connectivity index (χ0n) is 18.9. The highest BCUT2D eigenvalue weighted by molar-refractivity contribution is 6.09. The minimum absolute atomic E-state index is 0.110. The van der Waals surface area contributed by atoms with Crippen LogP contribution in [0.2, 0.25) is 0 Å². The van der Waals surface area contributed by atoms with Crippen LogP contribution in [0.15, 0.2) is 48.8 Å². The van der Waals surface area contributed by atoms with Crippen molar-refractivity contribution < 1.29 is 14.4 Å². The van der Waals surface area contributed by atoms with E-state index >= 15 is 0 Å². The predicted octanol–water partition coefficient (Wildman–Crippen LogP) is 3.16. The lowest BCUT2D eigenvalue weighted by molar-refractivity contribution is 0.0950. The maximum absolute atomic E-state index is 13.3. The summed E-state index contributed by atoms with van der Waals surface area (Å²) < 4.78 is 2.11. The minimum atomic E-state index is -0.250. The van der Waals surface area contributed by atoms with Crippen LogP contribution in [0.5, 0.6) is 0 Å². The summed E-state index contributed by atoms with van der Waals surface area (Å²) in [4.78, 5) is 44.0. The van der Waals surface area contributed by atoms with E-state index in [0.717, 1.165) is 31.2 Å². The number of carbonyl (C=O) groups excluding carboxylic acids is 3. The van der Waals surface area contributed by atoms with Crippen LogP contribution in [0.4, 0.5) is 10.5 Å². The van der Waals surface area contributed by atoms with Gasteiger partial charge < -0.3 is 25.4 Å². The van der Waals surface area contributed by atoms with Crippen molar-refractivity contribution in [2.45, 2.75) is 31.7 Å². The third kappa shape index (κ3) is 4.46. The van der Waals surface area contributed by atoms with Gasteiger partial charge in [0.05, 0.1) is 22.9 Å². The molecule has 176 valence electrons. The van der Waals surface area contributed by atoms with E-state index in [1.807, 2.05) is 12.1 Å². The molecule has 2 heterocycles. The van der Waals surface area contributed by atoms with Crippen molar-refractivity contribution in [1.82, 2.24) is 25.1 Å². The molecule has 9 heteroatoms. The minimum Gasteiger partial charge on any atom is -0.350 e. The molecule has 2 aromatic carbocycles. The number of imidazole rings is 1. The van der Waals surface area contributed by atoms with Crippen LogP contribution >= 0.6 is 0 Å². The molecule has 1 aliphatic heterocycles. The van der Waals surface area contributed by atoms with Gasteiger partial charge in [0.15, 0.2) is 0 Å². The molecule has 5 rings (SSSR count). The van der Waals surface area contributed by atoms with E-state index in [1.165, 1.54) is 0 Å². The maximum Gasteiger partial charge on any atom is 0.317 e. The van der Waals surface area contributed by atoms with E-state index in [1.54, 1.807) is 41.6 Å². The predicted molar refractivity (Wildman–Crippen MR) is 129 cm³/mol. The van der Waals surface area contributed by atoms with Crippen molar-refractivity contribution in [3.63, 3.8) is 0 Å². The van der Waals surface area contributed by atoms with E-state index in [2.05, 4.69) is 25.5 Å². The normalized spacial score (nSPS) is 16.1. The summed E-state index contributed by atoms with van der Waals surface area (Å²) in [7, 11) is 0. The fourth-order valence-electron chi connectivity index (χ4n) is 4.79. The van der Waals surface area contributed by atoms with Crippen LogP contribution in [0.25, 0.3) is 11.0 Å². The molecule has 2 fully saturated rings. The van der Waals surface area contributed by atoms with Gasteiger partial charge in [-0.1, -0.05) is 31.0 Å². The van der Waals surface area contributed by atoms with E-state index in [0.29, 0.717) is 54.6 Å². The standard InChI is InChI=1S/C25H28N6O3/c32-23(17-6-2-1-3-7-17)29-18-14-20(24(33)26-10-12-30-13-11-27-25(30)34)22-21(15-18)28-16-31(22)19-8-4-5-9-19/h1-3,6-7,14-16,19H,4-5,8-13H2,(H,26,33)(H,27,34)(H,29,32). The number of urea groups is 1. The number of nitrogens with zero attached hydrogens (tertiary/aromatic N) is 3. The van der Waals surface area contributed by atoms with Gasteiger partial charge in [0.2, 0.25) is 0 Å². The Morgan fingerprint density at radius 2 is 1.88 bits per heavy atom. The van der Waals surface area contributed by atoms with Crippen LogP contribution in [0.1, 0.15) is 52.4 Å². The number of amides is 4. The third-order valence-corrected chi connectivity index (χ3v) is 6.54. The van der Waals surface area contributed by atoms with Crippen molar-refractivity contribution in [3.8, 4) is 0 Å². The largest absolute Gasteiger partial charge is 0.350 e. The Balaban J connectivity index is 1.42. The molecule has 9 nitrogen and oxygen atoms in total. The Labute approximate surface area is 197 Å². The molecule has 1 aromatic heterocycles. The number of aromatic nitrogens is 2. The molecule has 1 saturated heterocycles. The summed E-state index contributed by atoms with van der Waals surface area (Å²) >= 11 is 0. The molecule has 0 atom stereocenters. The summed E-state index contributed by atoms with van der Waals surface area (Å²) in [5.74, 6) is -0.498. The van der Waals surface area contributed by atoms with Crippen molar-refractivity contribution in [1.29, 1.82) is 0 Å². The van der Waals surface area contributed by atoms with Gasteiger partial charge in [-0.05, 0) is 37.1 Å². The van der Waals surface area contributed by atoms with Crippen molar-refractivity contribution in [2.75, 3.05) is 31.5 Å². The topological polar surface area (TPSA) is 108 Å². The summed E-state index contributed by atoms with van der Waals surface area (Å²) in [6.07, 6.45) is 6.24. The SMILES string of the molecule is O=C(Nc1cc(C(=O)NCCN2CCNC2=O)c2c(c1)ncn2C1CCCC1)c1ccccc1. The monoisotopic (exact) mass is 460 g/mol. The van der Waals surface area contributed by atoms with Gasteiger partial charge in [-0.3, -0.25) is 9.59 Å². The molecule has 34 heavy (non-hydrogen) atoms. The van der Waals surface area contributed by atoms with Crippen molar-refractivity contribution in [2.24, 2.45) is 0 Å². The second kappa shape index (κ2) is 9.54. The maximum atomic E-state index is 13.3. The second-order valence-electron chi connectivity index (χ2n) is 8.78. The van der Waals surface area contributed by atoms with E-state index in [4.69, 9.17) is 0 Å². The number of rotatable bonds is 7. The van der Waals surface area contributed by atoms with Gasteiger partial charge in [0, 0.05) is 43.5 Å². The summed E-state index contributed by atoms with van der Waals surface area (Å²) in [5, 5.41) is 8.61. The average Bonchev–Trinajstić information content (AvgIpc) is 3.60. The molecule has 0 radical (unpaired) electrons. The molecular formula is C25H28N6O3. The van der Waals surface area contributed by atoms with Gasteiger partial charge in [0.1, 0.15) is 0 Å². The lowest BCUT2D eigenvalue weighted by Crippen LogP contribution is -2.37. The van der Waals surface area contributed by atoms with Crippen LogP contribution < -0.4 is 16.0 Å². The molecule has 1 aliphatic carbocycles. The molecule has 0 bridgehead atoms. The average molecular weight is 461 g/mol. The molecular weight excluding hydrogens is 432 g/mol. The molecule has 2 aliphatic rings. The first kappa shape index (κ1) is 21.9. The second-order valence-corrected chi connectivity index (χ2v) is 8.78. The third-order valence-electron chi connectivity index (χ3n) is 6.54. The van der Waals surface area contributed by atoms with E-state index in [-0.39, 0.29) is 17.8 Å². The smallest absolute Gasteiger partial charge is 0.317 e. The molecule has 3 aromatic rings. The fourth-order valence-corrected chi connectivity index (χ4v) is 4.79. The summed E-state index contributed by atoms with van der Waals surface area (Å²) in [6, 6.07) is 12.7. The molecule has 3 N–H and O–H groups in total. The Bertz CT molecular complexity index is 1220. The lowest BCUT2D eigenvalue weighted by Gasteiger charge is -2.17. The zero-order chi connectivity index (χ0) is 23.5. The highest BCUT2D eigenvalue weighted by Gasteiger charge is 2.24. The Kier molecular flexibility index (Phi) is 6.16. The summed E-state index contributed by atoms with van der Waals surface area (Å²) in [5.41, 5.74) is 2.97. The lowest BCUT2D eigenvalue weighted by atomic mass is 10.1. The van der Waals surface area contributed by atoms with Crippen molar-refractivity contribution in [3.05, 3.63) is 59.9 Å². The van der Waals surface area contributed by atoms with Gasteiger partial charge in [-0.2, -0.15) is 0 Å². The Hall–Kier alpha value is -3.88. The van der Waals surface area contributed by atoms with Crippen LogP contribution in [0, 0.1) is 0 Å². The van der Waals surface area contributed by atoms with E-state index in [9.17, 15) is 14.4 Å². The number of anilines is 1. The van der Waals surface area contributed by atoms with Crippen molar-refractivity contribution >= 4 is 34.6 Å². The summed E-state index contributed by atoms with van der Waals surface area (Å²) in [6.45, 7) is 2.03. The Morgan fingerprint density at radius 3 is 2.62 bits per heavy atom. The van der Waals surface area contributed by atoms with Gasteiger partial charge in [0.25, 0.3) is 11.8 Å². The van der Waals surface area contributed by atoms with Gasteiger partial charge in [-0.25, -0.2) is 9.78 Å². The highest BCUT2D eigenvalue weighted by Crippen LogP contribution is 2.34. The van der Waals surface area contributed by atoms with Gasteiger partial charge >= 0.3 is 6.03 Å². The molecule has 0 unspecified atom stereocenters. The fraction of sp³-hybridized carbons (Fsp3) is 0.360. The number of fused-ring (bicyclic) bond motifs is 1. The molecule has 0 spiro atoms. The molecule has 1 saturated carbocycles. The quantitative estimate of drug-likeness (QED) is 0.503. The zero-order valence-corrected chi connectivity index (χ0v) is 18.9. The number of nitrogens with one attached hydrogen (secondary N) is 3. The number of hydrogen-bond donors (Lipinski definition) is 3. The van der Waals surface area contributed by atoms with Gasteiger partial charge in [-0.15, -0.1) is 0 Å². The van der Waals surface area contributed by atoms with Crippen LogP contribution in [0.3, 0.4) is 0 Å². The first-order valence-corrected chi connectivity index (χ1v) is 11.8. The number of hydrogen-bond acceptors (Lipinski definition) is 4. The Morgan fingerprint density at radius 1 is 1.09 bits per heavy atom. The number of carbonyl (C=O) groups is 3.